The standard InChI is InChI=1S/C9H9ClF2N2O2/c10-6-2-1-5(3-7(13)9(11)12)8(4-6)14(15)16/h1-2,4,7,9H,3,13H2. The second-order valence-corrected chi connectivity index (χ2v) is 3.67. The van der Waals surface area contributed by atoms with Gasteiger partial charge in [-0.2, -0.15) is 0 Å². The van der Waals surface area contributed by atoms with Crippen molar-refractivity contribution in [1.82, 2.24) is 0 Å². The monoisotopic (exact) mass is 250 g/mol. The summed E-state index contributed by atoms with van der Waals surface area (Å²) < 4.78 is 24.4. The number of nitro groups is 1. The van der Waals surface area contributed by atoms with Crippen LogP contribution in [-0.2, 0) is 6.42 Å². The van der Waals surface area contributed by atoms with Crippen LogP contribution in [0.25, 0.3) is 0 Å². The highest BCUT2D eigenvalue weighted by molar-refractivity contribution is 6.30. The van der Waals surface area contributed by atoms with E-state index in [4.69, 9.17) is 17.3 Å². The molecule has 0 aromatic heterocycles. The van der Waals surface area contributed by atoms with Crippen molar-refractivity contribution in [2.24, 2.45) is 5.73 Å². The van der Waals surface area contributed by atoms with Gasteiger partial charge in [0, 0.05) is 16.7 Å². The normalized spacial score (nSPS) is 12.8. The molecule has 1 aromatic carbocycles. The van der Waals surface area contributed by atoms with Gasteiger partial charge in [-0.05, 0) is 12.5 Å². The number of nitro benzene ring substituents is 1. The van der Waals surface area contributed by atoms with Crippen LogP contribution in [0.2, 0.25) is 5.02 Å². The van der Waals surface area contributed by atoms with Gasteiger partial charge in [-0.15, -0.1) is 0 Å². The average Bonchev–Trinajstić information content (AvgIpc) is 2.20. The van der Waals surface area contributed by atoms with E-state index >= 15 is 0 Å². The van der Waals surface area contributed by atoms with Gasteiger partial charge in [-0.1, -0.05) is 17.7 Å². The third-order valence-electron chi connectivity index (χ3n) is 2.02. The average molecular weight is 251 g/mol. The smallest absolute Gasteiger partial charge is 0.274 e. The maximum absolute atomic E-state index is 12.2. The summed E-state index contributed by atoms with van der Waals surface area (Å²) in [5, 5.41) is 10.8. The largest absolute Gasteiger partial charge is 0.323 e. The van der Waals surface area contributed by atoms with Crippen LogP contribution in [0.15, 0.2) is 18.2 Å². The molecule has 0 heterocycles. The highest BCUT2D eigenvalue weighted by Crippen LogP contribution is 2.24. The molecule has 0 spiro atoms. The van der Waals surface area contributed by atoms with E-state index in [9.17, 15) is 18.9 Å². The van der Waals surface area contributed by atoms with Crippen LogP contribution < -0.4 is 5.73 Å². The molecule has 2 N–H and O–H groups in total. The first-order chi connectivity index (χ1) is 7.41. The predicted molar refractivity (Wildman–Crippen MR) is 55.8 cm³/mol. The summed E-state index contributed by atoms with van der Waals surface area (Å²) in [4.78, 5) is 9.98. The maximum Gasteiger partial charge on any atom is 0.274 e. The molecule has 0 saturated heterocycles. The van der Waals surface area contributed by atoms with Crippen LogP contribution in [0.4, 0.5) is 14.5 Å². The van der Waals surface area contributed by atoms with Gasteiger partial charge in [0.15, 0.2) is 0 Å². The number of hydrogen-bond donors (Lipinski definition) is 1. The third-order valence-corrected chi connectivity index (χ3v) is 2.26. The number of nitrogens with zero attached hydrogens (tertiary/aromatic N) is 1. The van der Waals surface area contributed by atoms with E-state index in [0.29, 0.717) is 0 Å². The molecule has 88 valence electrons. The molecule has 4 nitrogen and oxygen atoms in total. The second kappa shape index (κ2) is 5.18. The van der Waals surface area contributed by atoms with E-state index < -0.39 is 17.4 Å². The van der Waals surface area contributed by atoms with Crippen LogP contribution >= 0.6 is 11.6 Å². The Hall–Kier alpha value is -1.27. The van der Waals surface area contributed by atoms with E-state index in [1.54, 1.807) is 0 Å². The fourth-order valence-electron chi connectivity index (χ4n) is 1.22. The summed E-state index contributed by atoms with van der Waals surface area (Å²) in [5.74, 6) is 0. The number of nitrogens with two attached hydrogens (primary N) is 1. The van der Waals surface area contributed by atoms with Crippen molar-refractivity contribution in [3.63, 3.8) is 0 Å². The lowest BCUT2D eigenvalue weighted by molar-refractivity contribution is -0.385. The Kier molecular flexibility index (Phi) is 4.14. The predicted octanol–water partition coefficient (Wildman–Crippen LogP) is 2.38. The molecule has 16 heavy (non-hydrogen) atoms. The summed E-state index contributed by atoms with van der Waals surface area (Å²) in [6.07, 6.45) is -2.97. The van der Waals surface area contributed by atoms with Crippen LogP contribution in [0.1, 0.15) is 5.56 Å². The highest BCUT2D eigenvalue weighted by Gasteiger charge is 2.21. The lowest BCUT2D eigenvalue weighted by Crippen LogP contribution is -2.31. The minimum absolute atomic E-state index is 0.155. The van der Waals surface area contributed by atoms with Crippen molar-refractivity contribution in [3.8, 4) is 0 Å². The quantitative estimate of drug-likeness (QED) is 0.659. The van der Waals surface area contributed by atoms with Crippen molar-refractivity contribution in [2.45, 2.75) is 18.9 Å². The van der Waals surface area contributed by atoms with E-state index in [1.807, 2.05) is 0 Å². The van der Waals surface area contributed by atoms with E-state index in [1.165, 1.54) is 12.1 Å². The van der Waals surface area contributed by atoms with Crippen molar-refractivity contribution in [1.29, 1.82) is 0 Å². The van der Waals surface area contributed by atoms with Gasteiger partial charge >= 0.3 is 0 Å². The maximum atomic E-state index is 12.2. The van der Waals surface area contributed by atoms with E-state index in [0.717, 1.165) is 6.07 Å². The summed E-state index contributed by atoms with van der Waals surface area (Å²) in [6, 6.07) is 2.44. The fourth-order valence-corrected chi connectivity index (χ4v) is 1.39. The van der Waals surface area contributed by atoms with Crippen molar-refractivity contribution >= 4 is 17.3 Å². The SMILES string of the molecule is NC(Cc1ccc(Cl)cc1[N+](=O)[O-])C(F)F. The lowest BCUT2D eigenvalue weighted by atomic mass is 10.1. The van der Waals surface area contributed by atoms with Crippen LogP contribution in [0, 0.1) is 10.1 Å². The molecule has 0 radical (unpaired) electrons. The fraction of sp³-hybridized carbons (Fsp3) is 0.333. The van der Waals surface area contributed by atoms with Gasteiger partial charge in [0.25, 0.3) is 12.1 Å². The Balaban J connectivity index is 2.99. The van der Waals surface area contributed by atoms with E-state index in [-0.39, 0.29) is 22.7 Å². The van der Waals surface area contributed by atoms with Crippen molar-refractivity contribution in [2.75, 3.05) is 0 Å². The lowest BCUT2D eigenvalue weighted by Gasteiger charge is -2.10. The first-order valence-corrected chi connectivity index (χ1v) is 4.76. The summed E-state index contributed by atoms with van der Waals surface area (Å²) >= 11 is 5.58. The molecule has 0 aliphatic heterocycles. The van der Waals surface area contributed by atoms with Crippen molar-refractivity contribution < 1.29 is 13.7 Å². The molecule has 0 aliphatic carbocycles. The Morgan fingerprint density at radius 2 is 2.12 bits per heavy atom. The topological polar surface area (TPSA) is 69.2 Å². The Labute approximate surface area is 95.2 Å². The number of benzene rings is 1. The van der Waals surface area contributed by atoms with Gasteiger partial charge in [0.05, 0.1) is 11.0 Å². The van der Waals surface area contributed by atoms with Gasteiger partial charge in [-0.25, -0.2) is 8.78 Å². The Morgan fingerprint density at radius 1 is 1.50 bits per heavy atom. The summed E-state index contributed by atoms with van der Waals surface area (Å²) in [7, 11) is 0. The molecular weight excluding hydrogens is 242 g/mol. The zero-order chi connectivity index (χ0) is 12.3. The molecule has 1 unspecified atom stereocenters. The molecule has 1 aromatic rings. The molecule has 0 fully saturated rings. The second-order valence-electron chi connectivity index (χ2n) is 3.23. The highest BCUT2D eigenvalue weighted by atomic mass is 35.5. The van der Waals surface area contributed by atoms with E-state index in [2.05, 4.69) is 0 Å². The minimum atomic E-state index is -2.71. The Bertz CT molecular complexity index is 401. The Morgan fingerprint density at radius 3 is 2.62 bits per heavy atom. The molecule has 7 heteroatoms. The molecule has 0 bridgehead atoms. The van der Waals surface area contributed by atoms with Crippen LogP contribution in [0.5, 0.6) is 0 Å². The van der Waals surface area contributed by atoms with Crippen LogP contribution in [0.3, 0.4) is 0 Å². The van der Waals surface area contributed by atoms with Gasteiger partial charge in [0.2, 0.25) is 0 Å². The molecule has 0 aliphatic rings. The van der Waals surface area contributed by atoms with Crippen molar-refractivity contribution in [3.05, 3.63) is 38.9 Å². The third kappa shape index (κ3) is 3.11. The first-order valence-electron chi connectivity index (χ1n) is 4.38. The number of hydrogen-bond acceptors (Lipinski definition) is 3. The molecule has 1 rings (SSSR count). The van der Waals surface area contributed by atoms with Gasteiger partial charge < -0.3 is 5.73 Å². The first kappa shape index (κ1) is 12.8. The summed E-state index contributed by atoms with van der Waals surface area (Å²) in [6.45, 7) is 0. The zero-order valence-electron chi connectivity index (χ0n) is 8.07. The summed E-state index contributed by atoms with van der Waals surface area (Å²) in [5.41, 5.74) is 5.02. The minimum Gasteiger partial charge on any atom is -0.323 e. The number of rotatable bonds is 4. The van der Waals surface area contributed by atoms with Crippen LogP contribution in [-0.4, -0.2) is 17.4 Å². The number of alkyl halides is 2. The molecule has 1 atom stereocenters. The van der Waals surface area contributed by atoms with Gasteiger partial charge in [0.1, 0.15) is 0 Å². The molecule has 0 saturated carbocycles. The van der Waals surface area contributed by atoms with Gasteiger partial charge in [-0.3, -0.25) is 10.1 Å². The molecular formula is C9H9ClF2N2O2. The number of halogens is 3. The zero-order valence-corrected chi connectivity index (χ0v) is 8.82. The molecule has 0 amide bonds.